The molecule has 1 aliphatic rings. The largest absolute Gasteiger partial charge is 0.288 e. The molecular weight excluding hydrogens is 214 g/mol. The molecule has 0 radical (unpaired) electrons. The third-order valence-electron chi connectivity index (χ3n) is 3.45. The van der Waals surface area contributed by atoms with Crippen molar-refractivity contribution in [3.8, 4) is 0 Å². The highest BCUT2D eigenvalue weighted by molar-refractivity contribution is 7.21. The van der Waals surface area contributed by atoms with E-state index in [1.165, 1.54) is 37.4 Å². The number of rotatable bonds is 0. The Morgan fingerprint density at radius 1 is 1.12 bits per heavy atom. The van der Waals surface area contributed by atoms with Crippen molar-refractivity contribution in [2.45, 2.75) is 27.2 Å². The Morgan fingerprint density at radius 2 is 1.88 bits per heavy atom. The fraction of sp³-hybridized carbons (Fsp3) is 0.357. The second kappa shape index (κ2) is 3.42. The summed E-state index contributed by atoms with van der Waals surface area (Å²) in [4.78, 5) is 5.95. The fourth-order valence-electron chi connectivity index (χ4n) is 2.35. The number of benzene rings is 1. The van der Waals surface area contributed by atoms with Crippen LogP contribution in [0.2, 0.25) is 0 Å². The van der Waals surface area contributed by atoms with Gasteiger partial charge in [-0.15, -0.1) is 11.3 Å². The molecule has 0 N–H and O–H groups in total. The van der Waals surface area contributed by atoms with Crippen LogP contribution in [0.1, 0.15) is 28.5 Å². The van der Waals surface area contributed by atoms with Crippen LogP contribution in [0.3, 0.4) is 0 Å². The van der Waals surface area contributed by atoms with E-state index in [0.29, 0.717) is 0 Å². The molecule has 0 fully saturated rings. The van der Waals surface area contributed by atoms with Gasteiger partial charge < -0.3 is 0 Å². The number of thiophene rings is 1. The van der Waals surface area contributed by atoms with Crippen molar-refractivity contribution in [3.63, 3.8) is 0 Å². The third kappa shape index (κ3) is 1.33. The molecule has 82 valence electrons. The monoisotopic (exact) mass is 229 g/mol. The molecule has 16 heavy (non-hydrogen) atoms. The van der Waals surface area contributed by atoms with Gasteiger partial charge in [0.05, 0.1) is 4.88 Å². The lowest BCUT2D eigenvalue weighted by Gasteiger charge is -2.09. The summed E-state index contributed by atoms with van der Waals surface area (Å²) in [5, 5.41) is 1.46. The van der Waals surface area contributed by atoms with Crippen molar-refractivity contribution in [1.82, 2.24) is 0 Å². The van der Waals surface area contributed by atoms with E-state index in [9.17, 15) is 0 Å². The number of fused-ring (bicyclic) bond motifs is 3. The van der Waals surface area contributed by atoms with Crippen LogP contribution in [0, 0.1) is 13.8 Å². The van der Waals surface area contributed by atoms with Gasteiger partial charge in [-0.2, -0.15) is 0 Å². The first-order valence-corrected chi connectivity index (χ1v) is 6.52. The number of aryl methyl sites for hydroxylation is 2. The summed E-state index contributed by atoms with van der Waals surface area (Å²) in [6.45, 7) is 7.47. The maximum absolute atomic E-state index is 4.54. The normalized spacial score (nSPS) is 15.1. The molecule has 1 aromatic carbocycles. The molecule has 0 bridgehead atoms. The maximum atomic E-state index is 4.54. The summed E-state index contributed by atoms with van der Waals surface area (Å²) in [5.41, 5.74) is 5.53. The van der Waals surface area contributed by atoms with Crippen LogP contribution >= 0.6 is 11.3 Å². The molecule has 1 aromatic heterocycles. The molecule has 2 heteroatoms. The zero-order valence-electron chi connectivity index (χ0n) is 9.92. The van der Waals surface area contributed by atoms with Gasteiger partial charge in [0.15, 0.2) is 0 Å². The Labute approximate surface area is 99.8 Å². The number of nitrogens with zero attached hydrogens (tertiary/aromatic N) is 1. The van der Waals surface area contributed by atoms with Gasteiger partial charge in [-0.25, -0.2) is 0 Å². The highest BCUT2D eigenvalue weighted by Crippen LogP contribution is 2.35. The van der Waals surface area contributed by atoms with Crippen LogP contribution < -0.4 is 0 Å². The molecule has 0 atom stereocenters. The van der Waals surface area contributed by atoms with E-state index >= 15 is 0 Å². The van der Waals surface area contributed by atoms with Gasteiger partial charge in [-0.3, -0.25) is 4.99 Å². The first-order chi connectivity index (χ1) is 7.66. The predicted octanol–water partition coefficient (Wildman–Crippen LogP) is 3.88. The Morgan fingerprint density at radius 3 is 2.69 bits per heavy atom. The van der Waals surface area contributed by atoms with Crippen LogP contribution in [0.15, 0.2) is 17.1 Å². The van der Waals surface area contributed by atoms with Crippen LogP contribution in [0.5, 0.6) is 0 Å². The standard InChI is InChI=1S/C14H15NS/c1-8-6-12-11-4-5-15-10(3)14(11)16-13(12)7-9(8)2/h6-7H,4-5H2,1-3H3. The van der Waals surface area contributed by atoms with Crippen LogP contribution in [0.4, 0.5) is 0 Å². The van der Waals surface area contributed by atoms with E-state index in [-0.39, 0.29) is 0 Å². The predicted molar refractivity (Wildman–Crippen MR) is 72.1 cm³/mol. The Bertz CT molecular complexity index is 605. The van der Waals surface area contributed by atoms with Gasteiger partial charge >= 0.3 is 0 Å². The molecule has 0 saturated heterocycles. The average molecular weight is 229 g/mol. The lowest BCUT2D eigenvalue weighted by atomic mass is 10.0. The Hall–Kier alpha value is -1.15. The van der Waals surface area contributed by atoms with E-state index in [0.717, 1.165) is 13.0 Å². The molecule has 0 amide bonds. The summed E-state index contributed by atoms with van der Waals surface area (Å²) >= 11 is 1.90. The summed E-state index contributed by atoms with van der Waals surface area (Å²) in [6, 6.07) is 4.67. The molecule has 3 rings (SSSR count). The third-order valence-corrected chi connectivity index (χ3v) is 4.75. The van der Waals surface area contributed by atoms with Crippen molar-refractivity contribution < 1.29 is 0 Å². The molecule has 2 heterocycles. The minimum Gasteiger partial charge on any atom is -0.288 e. The van der Waals surface area contributed by atoms with Gasteiger partial charge in [-0.1, -0.05) is 6.07 Å². The van der Waals surface area contributed by atoms with Crippen molar-refractivity contribution in [2.75, 3.05) is 6.54 Å². The number of hydrogen-bond acceptors (Lipinski definition) is 2. The Balaban J connectivity index is 2.38. The highest BCUT2D eigenvalue weighted by Gasteiger charge is 2.17. The van der Waals surface area contributed by atoms with E-state index in [1.54, 1.807) is 0 Å². The summed E-state index contributed by atoms with van der Waals surface area (Å²) in [7, 11) is 0. The Kier molecular flexibility index (Phi) is 2.15. The van der Waals surface area contributed by atoms with E-state index in [4.69, 9.17) is 0 Å². The number of hydrogen-bond donors (Lipinski definition) is 0. The van der Waals surface area contributed by atoms with Gasteiger partial charge in [-0.05, 0) is 55.3 Å². The van der Waals surface area contributed by atoms with Crippen LogP contribution in [-0.4, -0.2) is 12.3 Å². The second-order valence-electron chi connectivity index (χ2n) is 4.56. The SMILES string of the molecule is CC1=NCCc2c1sc1cc(C)c(C)cc21. The molecule has 2 aromatic rings. The van der Waals surface area contributed by atoms with Crippen molar-refractivity contribution in [3.05, 3.63) is 33.7 Å². The first-order valence-electron chi connectivity index (χ1n) is 5.71. The topological polar surface area (TPSA) is 12.4 Å². The molecule has 0 unspecified atom stereocenters. The van der Waals surface area contributed by atoms with E-state index in [1.807, 2.05) is 11.3 Å². The lowest BCUT2D eigenvalue weighted by Crippen LogP contribution is -2.06. The smallest absolute Gasteiger partial charge is 0.0523 e. The molecule has 0 aliphatic carbocycles. The van der Waals surface area contributed by atoms with Crippen LogP contribution in [0.25, 0.3) is 10.1 Å². The molecular formula is C14H15NS. The van der Waals surface area contributed by atoms with Crippen LogP contribution in [-0.2, 0) is 6.42 Å². The molecule has 1 nitrogen and oxygen atoms in total. The molecule has 0 spiro atoms. The first kappa shape index (κ1) is 10.0. The average Bonchev–Trinajstić information content (AvgIpc) is 2.59. The zero-order chi connectivity index (χ0) is 11.3. The highest BCUT2D eigenvalue weighted by atomic mass is 32.1. The summed E-state index contributed by atoms with van der Waals surface area (Å²) < 4.78 is 1.42. The van der Waals surface area contributed by atoms with Crippen molar-refractivity contribution >= 4 is 27.1 Å². The van der Waals surface area contributed by atoms with Gasteiger partial charge in [0.2, 0.25) is 0 Å². The molecule has 0 saturated carbocycles. The number of aliphatic imine (C=N–C) groups is 1. The lowest BCUT2D eigenvalue weighted by molar-refractivity contribution is 0.958. The summed E-state index contributed by atoms with van der Waals surface area (Å²) in [6.07, 6.45) is 1.11. The minimum absolute atomic E-state index is 0.956. The van der Waals surface area contributed by atoms with Gasteiger partial charge in [0.1, 0.15) is 0 Å². The van der Waals surface area contributed by atoms with Gasteiger partial charge in [0.25, 0.3) is 0 Å². The van der Waals surface area contributed by atoms with E-state index in [2.05, 4.69) is 37.9 Å². The minimum atomic E-state index is 0.956. The molecule has 1 aliphatic heterocycles. The van der Waals surface area contributed by atoms with Gasteiger partial charge in [0, 0.05) is 17.0 Å². The van der Waals surface area contributed by atoms with E-state index < -0.39 is 0 Å². The van der Waals surface area contributed by atoms with Crippen molar-refractivity contribution in [1.29, 1.82) is 0 Å². The quantitative estimate of drug-likeness (QED) is 0.650. The zero-order valence-corrected chi connectivity index (χ0v) is 10.7. The fourth-order valence-corrected chi connectivity index (χ4v) is 3.65. The summed E-state index contributed by atoms with van der Waals surface area (Å²) in [5.74, 6) is 0. The maximum Gasteiger partial charge on any atom is 0.0523 e. The second-order valence-corrected chi connectivity index (χ2v) is 5.61. The van der Waals surface area contributed by atoms with Crippen molar-refractivity contribution in [2.24, 2.45) is 4.99 Å².